The van der Waals surface area contributed by atoms with Gasteiger partial charge in [-0.3, -0.25) is 0 Å². The molecule has 0 spiro atoms. The Morgan fingerprint density at radius 2 is 2.22 bits per heavy atom. The van der Waals surface area contributed by atoms with Gasteiger partial charge in [0.05, 0.1) is 12.7 Å². The van der Waals surface area contributed by atoms with Gasteiger partial charge in [-0.25, -0.2) is 4.39 Å². The SMILES string of the molecule is CCC1CCCC(OCc2ccc(Br)cc2F)C1. The van der Waals surface area contributed by atoms with Crippen molar-refractivity contribution in [2.24, 2.45) is 5.92 Å². The molecule has 0 radical (unpaired) electrons. The van der Waals surface area contributed by atoms with Gasteiger partial charge in [-0.15, -0.1) is 0 Å². The summed E-state index contributed by atoms with van der Waals surface area (Å²) in [6.45, 7) is 2.63. The molecule has 2 atom stereocenters. The Kier molecular flexibility index (Phi) is 5.19. The molecule has 2 rings (SSSR count). The predicted octanol–water partition coefficient (Wildman–Crippen LogP) is 5.07. The summed E-state index contributed by atoms with van der Waals surface area (Å²) in [5.74, 6) is 0.603. The molecule has 100 valence electrons. The van der Waals surface area contributed by atoms with Crippen LogP contribution in [-0.2, 0) is 11.3 Å². The van der Waals surface area contributed by atoms with Crippen LogP contribution in [0.25, 0.3) is 0 Å². The van der Waals surface area contributed by atoms with Crippen LogP contribution in [0.15, 0.2) is 22.7 Å². The minimum Gasteiger partial charge on any atom is -0.373 e. The van der Waals surface area contributed by atoms with Gasteiger partial charge in [0.2, 0.25) is 0 Å². The summed E-state index contributed by atoms with van der Waals surface area (Å²) in [4.78, 5) is 0. The Bertz CT molecular complexity index is 394. The van der Waals surface area contributed by atoms with Crippen LogP contribution in [0.1, 0.15) is 44.6 Å². The molecule has 0 heterocycles. The van der Waals surface area contributed by atoms with Crippen molar-refractivity contribution in [1.29, 1.82) is 0 Å². The molecule has 1 nitrogen and oxygen atoms in total. The van der Waals surface area contributed by atoms with Crippen LogP contribution in [0.4, 0.5) is 4.39 Å². The molecular formula is C15H20BrFO. The lowest BCUT2D eigenvalue weighted by atomic mass is 9.85. The van der Waals surface area contributed by atoms with Crippen molar-refractivity contribution < 1.29 is 9.13 Å². The maximum atomic E-state index is 13.6. The van der Waals surface area contributed by atoms with E-state index in [1.807, 2.05) is 6.07 Å². The lowest BCUT2D eigenvalue weighted by molar-refractivity contribution is 0.000657. The summed E-state index contributed by atoms with van der Waals surface area (Å²) in [6.07, 6.45) is 6.36. The van der Waals surface area contributed by atoms with E-state index in [0.29, 0.717) is 18.3 Å². The first-order valence-electron chi connectivity index (χ1n) is 6.74. The van der Waals surface area contributed by atoms with Crippen LogP contribution in [-0.4, -0.2) is 6.10 Å². The Morgan fingerprint density at radius 3 is 2.94 bits per heavy atom. The van der Waals surface area contributed by atoms with Crippen molar-refractivity contribution in [3.63, 3.8) is 0 Å². The third-order valence-electron chi connectivity index (χ3n) is 3.80. The van der Waals surface area contributed by atoms with E-state index in [1.165, 1.54) is 25.3 Å². The first-order chi connectivity index (χ1) is 8.69. The Hall–Kier alpha value is -0.410. The zero-order valence-corrected chi connectivity index (χ0v) is 12.4. The molecule has 1 aliphatic carbocycles. The van der Waals surface area contributed by atoms with Crippen LogP contribution in [0.3, 0.4) is 0 Å². The van der Waals surface area contributed by atoms with Gasteiger partial charge in [0.15, 0.2) is 0 Å². The molecule has 0 bridgehead atoms. The van der Waals surface area contributed by atoms with Gasteiger partial charge in [0.1, 0.15) is 5.82 Å². The summed E-state index contributed by atoms with van der Waals surface area (Å²) in [7, 11) is 0. The Balaban J connectivity index is 1.87. The molecule has 1 fully saturated rings. The third kappa shape index (κ3) is 3.79. The molecule has 1 aliphatic rings. The molecule has 0 aliphatic heterocycles. The fourth-order valence-electron chi connectivity index (χ4n) is 2.61. The van der Waals surface area contributed by atoms with Crippen LogP contribution >= 0.6 is 15.9 Å². The summed E-state index contributed by atoms with van der Waals surface area (Å²) >= 11 is 3.26. The third-order valence-corrected chi connectivity index (χ3v) is 4.29. The molecule has 1 aromatic carbocycles. The van der Waals surface area contributed by atoms with Gasteiger partial charge in [0, 0.05) is 10.0 Å². The van der Waals surface area contributed by atoms with E-state index < -0.39 is 0 Å². The Morgan fingerprint density at radius 1 is 1.39 bits per heavy atom. The number of benzene rings is 1. The fourth-order valence-corrected chi connectivity index (χ4v) is 2.94. The second-order valence-electron chi connectivity index (χ2n) is 5.11. The summed E-state index contributed by atoms with van der Waals surface area (Å²) in [6, 6.07) is 5.14. The smallest absolute Gasteiger partial charge is 0.129 e. The highest BCUT2D eigenvalue weighted by Gasteiger charge is 2.21. The largest absolute Gasteiger partial charge is 0.373 e. The predicted molar refractivity (Wildman–Crippen MR) is 74.9 cm³/mol. The van der Waals surface area contributed by atoms with E-state index in [9.17, 15) is 4.39 Å². The molecular weight excluding hydrogens is 295 g/mol. The van der Waals surface area contributed by atoms with Gasteiger partial charge in [0.25, 0.3) is 0 Å². The van der Waals surface area contributed by atoms with Gasteiger partial charge in [-0.05, 0) is 30.9 Å². The monoisotopic (exact) mass is 314 g/mol. The Labute approximate surface area is 117 Å². The summed E-state index contributed by atoms with van der Waals surface area (Å²) < 4.78 is 20.3. The first kappa shape index (κ1) is 14.0. The van der Waals surface area contributed by atoms with E-state index in [-0.39, 0.29) is 5.82 Å². The van der Waals surface area contributed by atoms with Gasteiger partial charge in [-0.1, -0.05) is 48.2 Å². The molecule has 0 aromatic heterocycles. The van der Waals surface area contributed by atoms with Crippen molar-refractivity contribution in [2.75, 3.05) is 0 Å². The second-order valence-corrected chi connectivity index (χ2v) is 6.03. The zero-order valence-electron chi connectivity index (χ0n) is 10.8. The summed E-state index contributed by atoms with van der Waals surface area (Å²) in [5, 5.41) is 0. The van der Waals surface area contributed by atoms with Crippen molar-refractivity contribution in [3.8, 4) is 0 Å². The molecule has 1 aromatic rings. The van der Waals surface area contributed by atoms with Gasteiger partial charge < -0.3 is 4.74 Å². The number of hydrogen-bond donors (Lipinski definition) is 0. The van der Waals surface area contributed by atoms with E-state index in [2.05, 4.69) is 22.9 Å². The van der Waals surface area contributed by atoms with Crippen molar-refractivity contribution in [2.45, 2.75) is 51.7 Å². The van der Waals surface area contributed by atoms with Crippen LogP contribution < -0.4 is 0 Å². The first-order valence-corrected chi connectivity index (χ1v) is 7.54. The fraction of sp³-hybridized carbons (Fsp3) is 0.600. The molecule has 1 saturated carbocycles. The molecule has 0 amide bonds. The van der Waals surface area contributed by atoms with E-state index in [0.717, 1.165) is 23.2 Å². The van der Waals surface area contributed by atoms with Crippen LogP contribution in [0.2, 0.25) is 0 Å². The molecule has 0 N–H and O–H groups in total. The lowest BCUT2D eigenvalue weighted by Gasteiger charge is -2.28. The maximum Gasteiger partial charge on any atom is 0.129 e. The van der Waals surface area contributed by atoms with Crippen molar-refractivity contribution >= 4 is 15.9 Å². The van der Waals surface area contributed by atoms with Crippen LogP contribution in [0.5, 0.6) is 0 Å². The highest BCUT2D eigenvalue weighted by molar-refractivity contribution is 9.10. The minimum absolute atomic E-state index is 0.188. The molecule has 18 heavy (non-hydrogen) atoms. The normalized spacial score (nSPS) is 24.2. The highest BCUT2D eigenvalue weighted by atomic mass is 79.9. The second kappa shape index (κ2) is 6.67. The average Bonchev–Trinajstić information content (AvgIpc) is 2.38. The summed E-state index contributed by atoms with van der Waals surface area (Å²) in [5.41, 5.74) is 0.650. The number of rotatable bonds is 4. The van der Waals surface area contributed by atoms with E-state index >= 15 is 0 Å². The number of ether oxygens (including phenoxy) is 1. The maximum absolute atomic E-state index is 13.6. The average molecular weight is 315 g/mol. The van der Waals surface area contributed by atoms with Crippen molar-refractivity contribution in [3.05, 3.63) is 34.1 Å². The molecule has 0 saturated heterocycles. The van der Waals surface area contributed by atoms with Crippen LogP contribution in [0, 0.1) is 11.7 Å². The minimum atomic E-state index is -0.188. The molecule has 2 unspecified atom stereocenters. The highest BCUT2D eigenvalue weighted by Crippen LogP contribution is 2.29. The zero-order chi connectivity index (χ0) is 13.0. The number of halogens is 2. The van der Waals surface area contributed by atoms with Gasteiger partial charge in [-0.2, -0.15) is 0 Å². The van der Waals surface area contributed by atoms with E-state index in [1.54, 1.807) is 6.07 Å². The lowest BCUT2D eigenvalue weighted by Crippen LogP contribution is -2.22. The van der Waals surface area contributed by atoms with E-state index in [4.69, 9.17) is 4.74 Å². The van der Waals surface area contributed by atoms with Crippen molar-refractivity contribution in [1.82, 2.24) is 0 Å². The number of hydrogen-bond acceptors (Lipinski definition) is 1. The van der Waals surface area contributed by atoms with Gasteiger partial charge >= 0.3 is 0 Å². The quantitative estimate of drug-likeness (QED) is 0.753. The molecule has 3 heteroatoms. The topological polar surface area (TPSA) is 9.23 Å². The standard InChI is InChI=1S/C15H20BrFO/c1-2-11-4-3-5-14(8-11)18-10-12-6-7-13(16)9-15(12)17/h6-7,9,11,14H,2-5,8,10H2,1H3.